The molecule has 2 fully saturated rings. The summed E-state index contributed by atoms with van der Waals surface area (Å²) in [4.78, 5) is 21.4. The highest BCUT2D eigenvalue weighted by Crippen LogP contribution is 2.25. The van der Waals surface area contributed by atoms with E-state index < -0.39 is 0 Å². The molecule has 0 saturated carbocycles. The zero-order chi connectivity index (χ0) is 21.5. The molecule has 2 saturated heterocycles. The van der Waals surface area contributed by atoms with Crippen LogP contribution in [-0.4, -0.2) is 68.4 Å². The lowest BCUT2D eigenvalue weighted by molar-refractivity contribution is -0.145. The van der Waals surface area contributed by atoms with Gasteiger partial charge in [0, 0.05) is 45.0 Å². The lowest BCUT2D eigenvalue weighted by Gasteiger charge is -2.32. The van der Waals surface area contributed by atoms with E-state index in [1.165, 1.54) is 12.8 Å². The van der Waals surface area contributed by atoms with Crippen LogP contribution in [0.4, 0.5) is 5.69 Å². The molecule has 166 valence electrons. The van der Waals surface area contributed by atoms with Crippen molar-refractivity contribution in [2.24, 2.45) is 22.7 Å². The second kappa shape index (κ2) is 10.7. The predicted octanol–water partition coefficient (Wildman–Crippen LogP) is 2.10. The Kier molecular flexibility index (Phi) is 7.96. The van der Waals surface area contributed by atoms with Crippen LogP contribution in [0.15, 0.2) is 29.3 Å². The van der Waals surface area contributed by atoms with Crippen LogP contribution in [-0.2, 0) is 16.1 Å². The van der Waals surface area contributed by atoms with Crippen molar-refractivity contribution < 1.29 is 14.6 Å². The van der Waals surface area contributed by atoms with Gasteiger partial charge in [-0.1, -0.05) is 19.1 Å². The van der Waals surface area contributed by atoms with Crippen molar-refractivity contribution in [2.75, 3.05) is 51.3 Å². The Balaban J connectivity index is 1.60. The van der Waals surface area contributed by atoms with Gasteiger partial charge in [-0.15, -0.1) is 0 Å². The smallest absolute Gasteiger partial charge is 0.310 e. The van der Waals surface area contributed by atoms with Gasteiger partial charge in [0.05, 0.1) is 19.6 Å². The average Bonchev–Trinajstić information content (AvgIpc) is 3.18. The van der Waals surface area contributed by atoms with Gasteiger partial charge in [-0.25, -0.2) is 4.99 Å². The molecule has 0 aromatic heterocycles. The van der Waals surface area contributed by atoms with Crippen molar-refractivity contribution in [1.82, 2.24) is 10.2 Å². The summed E-state index contributed by atoms with van der Waals surface area (Å²) in [5.74, 6) is 1.31. The zero-order valence-corrected chi connectivity index (χ0v) is 18.5. The molecule has 2 aliphatic heterocycles. The van der Waals surface area contributed by atoms with Crippen molar-refractivity contribution >= 4 is 17.6 Å². The van der Waals surface area contributed by atoms with E-state index in [1.807, 2.05) is 0 Å². The maximum atomic E-state index is 12.0. The van der Waals surface area contributed by atoms with E-state index in [1.54, 1.807) is 0 Å². The van der Waals surface area contributed by atoms with Gasteiger partial charge in [-0.2, -0.15) is 0 Å². The van der Waals surface area contributed by atoms with Gasteiger partial charge in [0.15, 0.2) is 5.96 Å². The van der Waals surface area contributed by atoms with Crippen LogP contribution in [0, 0.1) is 17.8 Å². The summed E-state index contributed by atoms with van der Waals surface area (Å²) in [6.45, 7) is 9.28. The summed E-state index contributed by atoms with van der Waals surface area (Å²) in [5, 5.41) is 12.7. The SMILES string of the molecule is CCNC(=NCc1ccc(N2CCC(CO)CC2)cc1)N1CC(C)C(C(=O)OC)C1. The maximum Gasteiger partial charge on any atom is 0.310 e. The number of carbonyl (C=O) groups is 1. The number of guanidine groups is 1. The normalized spacial score (nSPS) is 23.0. The summed E-state index contributed by atoms with van der Waals surface area (Å²) in [5.41, 5.74) is 2.40. The molecule has 1 aromatic rings. The number of hydrogen-bond acceptors (Lipinski definition) is 5. The molecular formula is C23H36N4O3. The third kappa shape index (κ3) is 5.45. The van der Waals surface area contributed by atoms with Crippen molar-refractivity contribution in [3.8, 4) is 0 Å². The first-order valence-corrected chi connectivity index (χ1v) is 11.1. The second-order valence-corrected chi connectivity index (χ2v) is 8.46. The quantitative estimate of drug-likeness (QED) is 0.420. The number of hydrogen-bond donors (Lipinski definition) is 2. The number of aliphatic imine (C=N–C) groups is 1. The Morgan fingerprint density at radius 1 is 1.23 bits per heavy atom. The molecule has 0 amide bonds. The van der Waals surface area contributed by atoms with Crippen LogP contribution in [0.1, 0.15) is 32.3 Å². The number of esters is 1. The average molecular weight is 417 g/mol. The van der Waals surface area contributed by atoms with E-state index >= 15 is 0 Å². The van der Waals surface area contributed by atoms with E-state index in [0.29, 0.717) is 25.6 Å². The highest BCUT2D eigenvalue weighted by Gasteiger charge is 2.36. The van der Waals surface area contributed by atoms with E-state index in [-0.39, 0.29) is 17.8 Å². The van der Waals surface area contributed by atoms with Gasteiger partial charge in [-0.05, 0) is 49.3 Å². The first-order valence-electron chi connectivity index (χ1n) is 11.1. The first-order chi connectivity index (χ1) is 14.5. The molecule has 0 spiro atoms. The molecule has 2 aliphatic rings. The molecule has 2 heterocycles. The van der Waals surface area contributed by atoms with E-state index in [9.17, 15) is 9.90 Å². The topological polar surface area (TPSA) is 77.4 Å². The fourth-order valence-corrected chi connectivity index (χ4v) is 4.38. The Morgan fingerprint density at radius 2 is 1.93 bits per heavy atom. The van der Waals surface area contributed by atoms with Crippen LogP contribution < -0.4 is 10.2 Å². The number of piperidine rings is 1. The maximum absolute atomic E-state index is 12.0. The first kappa shape index (κ1) is 22.4. The fraction of sp³-hybridized carbons (Fsp3) is 0.652. The molecule has 0 aliphatic carbocycles. The third-order valence-corrected chi connectivity index (χ3v) is 6.34. The number of benzene rings is 1. The minimum atomic E-state index is -0.139. The summed E-state index contributed by atoms with van der Waals surface area (Å²) in [6, 6.07) is 8.62. The second-order valence-electron chi connectivity index (χ2n) is 8.46. The van der Waals surface area contributed by atoms with Crippen LogP contribution in [0.25, 0.3) is 0 Å². The lowest BCUT2D eigenvalue weighted by atomic mass is 9.97. The molecule has 7 nitrogen and oxygen atoms in total. The molecule has 30 heavy (non-hydrogen) atoms. The van der Waals surface area contributed by atoms with Gasteiger partial charge in [0.2, 0.25) is 0 Å². The van der Waals surface area contributed by atoms with Crippen LogP contribution in [0.2, 0.25) is 0 Å². The number of aliphatic hydroxyl groups excluding tert-OH is 1. The number of aliphatic hydroxyl groups is 1. The minimum Gasteiger partial charge on any atom is -0.469 e. The van der Waals surface area contributed by atoms with Gasteiger partial charge in [0.1, 0.15) is 0 Å². The largest absolute Gasteiger partial charge is 0.469 e. The molecule has 2 unspecified atom stereocenters. The number of methoxy groups -OCH3 is 1. The number of ether oxygens (including phenoxy) is 1. The molecule has 3 rings (SSSR count). The number of likely N-dealkylation sites (tertiary alicyclic amines) is 1. The van der Waals surface area contributed by atoms with Gasteiger partial charge < -0.3 is 25.0 Å². The molecule has 2 N–H and O–H groups in total. The number of nitrogens with zero attached hydrogens (tertiary/aromatic N) is 3. The summed E-state index contributed by atoms with van der Waals surface area (Å²) >= 11 is 0. The zero-order valence-electron chi connectivity index (χ0n) is 18.5. The number of nitrogens with one attached hydrogen (secondary N) is 1. The Morgan fingerprint density at radius 3 is 2.53 bits per heavy atom. The minimum absolute atomic E-state index is 0.104. The summed E-state index contributed by atoms with van der Waals surface area (Å²) in [7, 11) is 1.45. The van der Waals surface area contributed by atoms with E-state index in [4.69, 9.17) is 9.73 Å². The molecule has 1 aromatic carbocycles. The Bertz CT molecular complexity index is 714. The highest BCUT2D eigenvalue weighted by molar-refractivity contribution is 5.82. The molecule has 0 radical (unpaired) electrons. The Hall–Kier alpha value is -2.28. The third-order valence-electron chi connectivity index (χ3n) is 6.34. The van der Waals surface area contributed by atoms with Crippen molar-refractivity contribution in [1.29, 1.82) is 0 Å². The van der Waals surface area contributed by atoms with E-state index in [0.717, 1.165) is 50.5 Å². The van der Waals surface area contributed by atoms with Crippen LogP contribution in [0.3, 0.4) is 0 Å². The number of anilines is 1. The van der Waals surface area contributed by atoms with E-state index in [2.05, 4.69) is 53.2 Å². The Labute approximate surface area is 180 Å². The lowest BCUT2D eigenvalue weighted by Crippen LogP contribution is -2.40. The standard InChI is InChI=1S/C23H36N4O3/c1-4-24-23(27-14-17(2)21(15-27)22(29)30-3)25-13-18-5-7-20(8-6-18)26-11-9-19(16-28)10-12-26/h5-8,17,19,21,28H,4,9-16H2,1-3H3,(H,24,25). The highest BCUT2D eigenvalue weighted by atomic mass is 16.5. The van der Waals surface area contributed by atoms with Crippen LogP contribution in [0.5, 0.6) is 0 Å². The van der Waals surface area contributed by atoms with Crippen molar-refractivity contribution in [3.05, 3.63) is 29.8 Å². The van der Waals surface area contributed by atoms with Crippen molar-refractivity contribution in [2.45, 2.75) is 33.2 Å². The molecule has 7 heteroatoms. The predicted molar refractivity (Wildman–Crippen MR) is 120 cm³/mol. The van der Waals surface area contributed by atoms with Gasteiger partial charge in [0.25, 0.3) is 0 Å². The molecule has 2 atom stereocenters. The number of carbonyl (C=O) groups excluding carboxylic acids is 1. The molecule has 0 bridgehead atoms. The summed E-state index contributed by atoms with van der Waals surface area (Å²) < 4.78 is 4.95. The van der Waals surface area contributed by atoms with Crippen LogP contribution >= 0.6 is 0 Å². The molecular weight excluding hydrogens is 380 g/mol. The number of rotatable bonds is 6. The monoisotopic (exact) mass is 416 g/mol. The van der Waals surface area contributed by atoms with Gasteiger partial charge in [-0.3, -0.25) is 4.79 Å². The summed E-state index contributed by atoms with van der Waals surface area (Å²) in [6.07, 6.45) is 2.10. The van der Waals surface area contributed by atoms with Gasteiger partial charge >= 0.3 is 5.97 Å². The van der Waals surface area contributed by atoms with Crippen molar-refractivity contribution in [3.63, 3.8) is 0 Å². The fourth-order valence-electron chi connectivity index (χ4n) is 4.38.